The van der Waals surface area contributed by atoms with Gasteiger partial charge >= 0.3 is 50.1 Å². The van der Waals surface area contributed by atoms with Gasteiger partial charge < -0.3 is 29.3 Å². The van der Waals surface area contributed by atoms with Crippen LogP contribution in [-0.2, 0) is 21.9 Å². The van der Waals surface area contributed by atoms with Crippen LogP contribution in [0.15, 0.2) is 82.6 Å². The van der Waals surface area contributed by atoms with Crippen LogP contribution in [0.3, 0.4) is 0 Å². The van der Waals surface area contributed by atoms with E-state index < -0.39 is 45.9 Å². The summed E-state index contributed by atoms with van der Waals surface area (Å²) < 4.78 is 87.0. The smallest absolute Gasteiger partial charge is 0.549 e. The molecule has 0 spiro atoms. The number of benzene rings is 4. The van der Waals surface area contributed by atoms with Crippen molar-refractivity contribution in [3.63, 3.8) is 0 Å². The molecule has 0 aliphatic heterocycles. The predicted octanol–water partition coefficient (Wildman–Crippen LogP) is 9.00. The Balaban J connectivity index is 0.000000347. The van der Waals surface area contributed by atoms with Crippen molar-refractivity contribution < 1.29 is 55.6 Å². The molecule has 0 amide bonds. The number of carboxylic acids is 2. The number of ether oxygens (including phenoxy) is 2. The molecule has 4 aromatic rings. The maximum absolute atomic E-state index is 12.7. The first-order valence-electron chi connectivity index (χ1n) is 14.2. The van der Waals surface area contributed by atoms with Crippen LogP contribution in [0.4, 0.5) is 26.3 Å². The number of hydrogen-bond acceptors (Lipinski definition) is 8. The van der Waals surface area contributed by atoms with Crippen molar-refractivity contribution in [2.24, 2.45) is 0 Å². The number of thioether (sulfide) groups is 2. The number of alkyl halides is 6. The first kappa shape index (κ1) is 44.7. The summed E-state index contributed by atoms with van der Waals surface area (Å²) in [4.78, 5) is 23.1. The van der Waals surface area contributed by atoms with Crippen molar-refractivity contribution in [1.82, 2.24) is 0 Å². The van der Waals surface area contributed by atoms with Gasteiger partial charge in [-0.05, 0) is 99.5 Å². The molecule has 0 saturated carbocycles. The molecule has 51 heavy (non-hydrogen) atoms. The summed E-state index contributed by atoms with van der Waals surface area (Å²) in [5.41, 5.74) is -0.0616. The first-order chi connectivity index (χ1) is 23.1. The summed E-state index contributed by atoms with van der Waals surface area (Å²) in [6, 6.07) is 15.5. The summed E-state index contributed by atoms with van der Waals surface area (Å²) in [5, 5.41) is 19.9. The van der Waals surface area contributed by atoms with Crippen molar-refractivity contribution in [3.8, 4) is 23.0 Å². The normalized spacial score (nSPS) is 12.5. The zero-order valence-corrected chi connectivity index (χ0v) is 32.4. The van der Waals surface area contributed by atoms with Crippen molar-refractivity contribution in [2.45, 2.75) is 60.3 Å². The summed E-state index contributed by atoms with van der Waals surface area (Å²) in [7, 11) is 0. The standard InChI is InChI=1S/2C17H14ClF3O3S.Ca/c2*1-9-3-5-12(8-15(9)25-10(2)16(22)23)24-14-6-4-11(7-13(14)18)17(19,20)21;/h2*3-8,10H,1-2H3,(H,22,23);/q;;+2/p-2. The Labute approximate surface area is 337 Å². The molecule has 268 valence electrons. The molecule has 0 aromatic heterocycles. The van der Waals surface area contributed by atoms with Gasteiger partial charge in [-0.15, -0.1) is 23.5 Å². The first-order valence-corrected chi connectivity index (χ1v) is 16.7. The number of carbonyl (C=O) groups is 2. The Morgan fingerprint density at radius 3 is 1.24 bits per heavy atom. The molecule has 2 atom stereocenters. The number of hydrogen-bond donors (Lipinski definition) is 0. The van der Waals surface area contributed by atoms with Gasteiger partial charge in [-0.1, -0.05) is 35.3 Å². The van der Waals surface area contributed by atoms with Crippen molar-refractivity contribution in [3.05, 3.63) is 105 Å². The Morgan fingerprint density at radius 2 is 0.961 bits per heavy atom. The molecule has 0 radical (unpaired) electrons. The van der Waals surface area contributed by atoms with Crippen molar-refractivity contribution in [2.75, 3.05) is 0 Å². The summed E-state index contributed by atoms with van der Waals surface area (Å²) in [5.74, 6) is -1.58. The van der Waals surface area contributed by atoms with E-state index in [9.17, 15) is 46.1 Å². The molecule has 0 aliphatic rings. The van der Waals surface area contributed by atoms with E-state index in [0.29, 0.717) is 21.3 Å². The maximum atomic E-state index is 12.7. The number of carboxylic acid groups (broad SMARTS) is 2. The second kappa shape index (κ2) is 19.0. The number of halogens is 8. The Morgan fingerprint density at radius 1 is 0.627 bits per heavy atom. The van der Waals surface area contributed by atoms with E-state index in [-0.39, 0.29) is 59.3 Å². The van der Waals surface area contributed by atoms with Crippen LogP contribution in [-0.4, -0.2) is 60.2 Å². The van der Waals surface area contributed by atoms with Gasteiger partial charge in [-0.3, -0.25) is 0 Å². The van der Waals surface area contributed by atoms with Crippen molar-refractivity contribution >= 4 is 96.4 Å². The van der Waals surface area contributed by atoms with E-state index in [4.69, 9.17) is 32.7 Å². The SMILES string of the molecule is Cc1ccc(Oc2ccc(C(F)(F)F)cc2Cl)cc1SC(C)C(=O)[O-].Cc1ccc(Oc2ccc(C(F)(F)F)cc2Cl)cc1SC(C)C(=O)[O-].[Ca+2]. The van der Waals surface area contributed by atoms with Gasteiger partial charge in [-0.25, -0.2) is 0 Å². The van der Waals surface area contributed by atoms with E-state index in [0.717, 1.165) is 71.0 Å². The van der Waals surface area contributed by atoms with Crippen LogP contribution >= 0.6 is 46.7 Å². The van der Waals surface area contributed by atoms with E-state index >= 15 is 0 Å². The van der Waals surface area contributed by atoms with Gasteiger partial charge in [0.05, 0.1) is 33.1 Å². The van der Waals surface area contributed by atoms with E-state index in [2.05, 4.69) is 0 Å². The van der Waals surface area contributed by atoms with Gasteiger partial charge in [0.25, 0.3) is 0 Å². The molecule has 0 aliphatic carbocycles. The molecule has 0 bridgehead atoms. The molecule has 0 heterocycles. The molecule has 0 N–H and O–H groups in total. The minimum absolute atomic E-state index is 0. The van der Waals surface area contributed by atoms with Crippen LogP contribution in [0.5, 0.6) is 23.0 Å². The topological polar surface area (TPSA) is 98.7 Å². The Kier molecular flexibility index (Phi) is 16.7. The number of carbonyl (C=O) groups excluding carboxylic acids is 2. The second-order valence-electron chi connectivity index (χ2n) is 10.5. The van der Waals surface area contributed by atoms with Gasteiger partial charge in [-0.2, -0.15) is 26.3 Å². The third kappa shape index (κ3) is 13.5. The second-order valence-corrected chi connectivity index (χ2v) is 14.1. The molecule has 17 heteroatoms. The zero-order valence-electron chi connectivity index (χ0n) is 27.1. The largest absolute Gasteiger partial charge is 2.00 e. The van der Waals surface area contributed by atoms with Crippen LogP contribution in [0, 0.1) is 13.8 Å². The maximum Gasteiger partial charge on any atom is 2.00 e. The summed E-state index contributed by atoms with van der Waals surface area (Å²) >= 11 is 13.9. The predicted molar refractivity (Wildman–Crippen MR) is 182 cm³/mol. The summed E-state index contributed by atoms with van der Waals surface area (Å²) in [6.45, 7) is 6.61. The van der Waals surface area contributed by atoms with E-state index in [1.54, 1.807) is 50.2 Å². The number of aryl methyl sites for hydroxylation is 2. The fourth-order valence-electron chi connectivity index (χ4n) is 3.79. The fourth-order valence-corrected chi connectivity index (χ4v) is 6.06. The van der Waals surface area contributed by atoms with Crippen LogP contribution < -0.4 is 19.7 Å². The minimum atomic E-state index is -4.49. The third-order valence-corrected chi connectivity index (χ3v) is 9.63. The fraction of sp³-hybridized carbons (Fsp3) is 0.235. The Bertz CT molecular complexity index is 1730. The van der Waals surface area contributed by atoms with E-state index in [1.807, 2.05) is 0 Å². The molecular formula is C34H26CaCl2F6O6S2. The van der Waals surface area contributed by atoms with E-state index in [1.165, 1.54) is 13.8 Å². The number of aliphatic carboxylic acids is 2. The zero-order chi connectivity index (χ0) is 37.6. The Hall–Kier alpha value is -2.46. The van der Waals surface area contributed by atoms with Gasteiger partial charge in [0.2, 0.25) is 0 Å². The molecule has 0 fully saturated rings. The average Bonchev–Trinajstić information content (AvgIpc) is 3.01. The van der Waals surface area contributed by atoms with Gasteiger partial charge in [0, 0.05) is 20.3 Å². The number of rotatable bonds is 10. The van der Waals surface area contributed by atoms with Gasteiger partial charge in [0.15, 0.2) is 0 Å². The van der Waals surface area contributed by atoms with Crippen LogP contribution in [0.2, 0.25) is 10.0 Å². The quantitative estimate of drug-likeness (QED) is 0.0889. The molecule has 6 nitrogen and oxygen atoms in total. The van der Waals surface area contributed by atoms with Crippen LogP contribution in [0.25, 0.3) is 0 Å². The molecule has 4 aromatic carbocycles. The monoisotopic (exact) mass is 818 g/mol. The molecular weight excluding hydrogens is 793 g/mol. The summed E-state index contributed by atoms with van der Waals surface area (Å²) in [6.07, 6.45) is -8.98. The minimum Gasteiger partial charge on any atom is -0.549 e. The third-order valence-electron chi connectivity index (χ3n) is 6.56. The van der Waals surface area contributed by atoms with Gasteiger partial charge in [0.1, 0.15) is 23.0 Å². The molecule has 2 unspecified atom stereocenters. The molecule has 0 saturated heterocycles. The average molecular weight is 820 g/mol. The van der Waals surface area contributed by atoms with Crippen LogP contribution in [0.1, 0.15) is 36.1 Å². The molecule has 4 rings (SSSR count). The van der Waals surface area contributed by atoms with Crippen molar-refractivity contribution in [1.29, 1.82) is 0 Å².